The summed E-state index contributed by atoms with van der Waals surface area (Å²) in [5.74, 6) is 1.25. The third-order valence-electron chi connectivity index (χ3n) is 3.62. The molecular weight excluding hydrogens is 334 g/mol. The number of carbonyl (C=O) groups excluding carboxylic acids is 1. The highest BCUT2D eigenvalue weighted by molar-refractivity contribution is 7.99. The first-order chi connectivity index (χ1) is 12.2. The van der Waals surface area contributed by atoms with Crippen LogP contribution in [0.4, 0.5) is 0 Å². The molecule has 0 radical (unpaired) electrons. The van der Waals surface area contributed by atoms with Crippen LogP contribution in [0, 0.1) is 6.92 Å². The summed E-state index contributed by atoms with van der Waals surface area (Å²) < 4.78 is 11.1. The molecule has 0 spiro atoms. The average molecular weight is 353 g/mol. The van der Waals surface area contributed by atoms with E-state index in [2.05, 4.69) is 4.98 Å². The highest BCUT2D eigenvalue weighted by Gasteiger charge is 2.14. The van der Waals surface area contributed by atoms with Gasteiger partial charge in [0, 0.05) is 23.2 Å². The Labute approximate surface area is 151 Å². The van der Waals surface area contributed by atoms with Gasteiger partial charge in [0.2, 0.25) is 0 Å². The van der Waals surface area contributed by atoms with Gasteiger partial charge >= 0.3 is 0 Å². The van der Waals surface area contributed by atoms with Gasteiger partial charge in [0.1, 0.15) is 12.4 Å². The van der Waals surface area contributed by atoms with Crippen LogP contribution >= 0.6 is 11.8 Å². The molecule has 2 aromatic heterocycles. The average Bonchev–Trinajstić information content (AvgIpc) is 3.09. The Kier molecular flexibility index (Phi) is 5.56. The molecule has 0 bridgehead atoms. The number of hydrogen-bond acceptors (Lipinski definition) is 5. The van der Waals surface area contributed by atoms with Gasteiger partial charge in [-0.2, -0.15) is 0 Å². The molecule has 0 atom stereocenters. The Balaban J connectivity index is 1.63. The molecule has 4 nitrogen and oxygen atoms in total. The topological polar surface area (TPSA) is 52.3 Å². The standard InChI is InChI=1S/C20H19NO3S/c1-3-18(22)20-19(9-11-23-20)25-17-6-4-16(5-7-17)24-13-15-8-10-21-14(2)12-15/h4-12H,3,13H2,1-2H3. The number of aryl methyl sites for hydroxylation is 1. The Morgan fingerprint density at radius 1 is 1.20 bits per heavy atom. The predicted octanol–water partition coefficient (Wildman–Crippen LogP) is 5.31. The number of pyridine rings is 1. The van der Waals surface area contributed by atoms with Crippen molar-refractivity contribution in [1.29, 1.82) is 0 Å². The van der Waals surface area contributed by atoms with Gasteiger partial charge in [-0.25, -0.2) is 0 Å². The molecule has 5 heteroatoms. The summed E-state index contributed by atoms with van der Waals surface area (Å²) in [4.78, 5) is 17.9. The van der Waals surface area contributed by atoms with Crippen molar-refractivity contribution in [3.63, 3.8) is 0 Å². The first-order valence-corrected chi connectivity index (χ1v) is 8.90. The monoisotopic (exact) mass is 353 g/mol. The van der Waals surface area contributed by atoms with Crippen molar-refractivity contribution in [1.82, 2.24) is 4.98 Å². The lowest BCUT2D eigenvalue weighted by atomic mass is 10.2. The van der Waals surface area contributed by atoms with E-state index >= 15 is 0 Å². The number of hydrogen-bond donors (Lipinski definition) is 0. The van der Waals surface area contributed by atoms with E-state index in [1.54, 1.807) is 12.5 Å². The van der Waals surface area contributed by atoms with E-state index < -0.39 is 0 Å². The maximum atomic E-state index is 11.9. The second kappa shape index (κ2) is 8.03. The molecule has 0 fully saturated rings. The highest BCUT2D eigenvalue weighted by atomic mass is 32.2. The molecule has 1 aromatic carbocycles. The van der Waals surface area contributed by atoms with Gasteiger partial charge in [0.25, 0.3) is 0 Å². The molecular formula is C20H19NO3S. The summed E-state index contributed by atoms with van der Waals surface area (Å²) in [6, 6.07) is 13.6. The van der Waals surface area contributed by atoms with E-state index in [0.717, 1.165) is 26.8 Å². The summed E-state index contributed by atoms with van der Waals surface area (Å²) in [5, 5.41) is 0. The molecule has 2 heterocycles. The van der Waals surface area contributed by atoms with Crippen molar-refractivity contribution < 1.29 is 13.9 Å². The van der Waals surface area contributed by atoms with Gasteiger partial charge in [-0.3, -0.25) is 9.78 Å². The van der Waals surface area contributed by atoms with E-state index in [0.29, 0.717) is 18.8 Å². The van der Waals surface area contributed by atoms with Crippen molar-refractivity contribution in [3.8, 4) is 5.75 Å². The second-order valence-corrected chi connectivity index (χ2v) is 6.67. The van der Waals surface area contributed by atoms with E-state index in [1.165, 1.54) is 11.8 Å². The zero-order valence-electron chi connectivity index (χ0n) is 14.2. The molecule has 128 valence electrons. The maximum Gasteiger partial charge on any atom is 0.198 e. The van der Waals surface area contributed by atoms with Gasteiger partial charge < -0.3 is 9.15 Å². The van der Waals surface area contributed by atoms with Crippen LogP contribution in [0.5, 0.6) is 5.75 Å². The number of nitrogens with zero attached hydrogens (tertiary/aromatic N) is 1. The lowest BCUT2D eigenvalue weighted by Crippen LogP contribution is -1.96. The molecule has 0 saturated heterocycles. The third-order valence-corrected chi connectivity index (χ3v) is 4.67. The summed E-state index contributed by atoms with van der Waals surface area (Å²) >= 11 is 1.51. The van der Waals surface area contributed by atoms with Crippen molar-refractivity contribution in [2.24, 2.45) is 0 Å². The van der Waals surface area contributed by atoms with Crippen LogP contribution in [-0.4, -0.2) is 10.8 Å². The van der Waals surface area contributed by atoms with Crippen LogP contribution in [0.25, 0.3) is 0 Å². The SMILES string of the molecule is CCC(=O)c1occc1Sc1ccc(OCc2ccnc(C)c2)cc1. The maximum absolute atomic E-state index is 11.9. The fourth-order valence-electron chi connectivity index (χ4n) is 2.33. The third kappa shape index (κ3) is 4.51. The van der Waals surface area contributed by atoms with Crippen LogP contribution in [0.1, 0.15) is 35.2 Å². The molecule has 3 rings (SSSR count). The number of ether oxygens (including phenoxy) is 1. The van der Waals surface area contributed by atoms with E-state index in [1.807, 2.05) is 56.3 Å². The van der Waals surface area contributed by atoms with E-state index in [4.69, 9.17) is 9.15 Å². The number of benzene rings is 1. The number of rotatable bonds is 7. The summed E-state index contributed by atoms with van der Waals surface area (Å²) in [5.41, 5.74) is 2.07. The van der Waals surface area contributed by atoms with Crippen LogP contribution < -0.4 is 4.74 Å². The van der Waals surface area contributed by atoms with Gasteiger partial charge in [0.05, 0.1) is 11.2 Å². The number of carbonyl (C=O) groups is 1. The van der Waals surface area contributed by atoms with Gasteiger partial charge in [0.15, 0.2) is 11.5 Å². The molecule has 0 aliphatic carbocycles. The van der Waals surface area contributed by atoms with E-state index in [-0.39, 0.29) is 5.78 Å². The zero-order chi connectivity index (χ0) is 17.6. The Hall–Kier alpha value is -2.53. The van der Waals surface area contributed by atoms with Crippen LogP contribution in [0.15, 0.2) is 69.1 Å². The number of furan rings is 1. The zero-order valence-corrected chi connectivity index (χ0v) is 15.0. The van der Waals surface area contributed by atoms with Crippen LogP contribution in [0.2, 0.25) is 0 Å². The summed E-state index contributed by atoms with van der Waals surface area (Å²) in [6.45, 7) is 4.30. The van der Waals surface area contributed by atoms with Crippen molar-refractivity contribution in [2.45, 2.75) is 36.7 Å². The normalized spacial score (nSPS) is 10.6. The molecule has 0 saturated carbocycles. The minimum Gasteiger partial charge on any atom is -0.489 e. The van der Waals surface area contributed by atoms with Crippen molar-refractivity contribution in [3.05, 3.63) is 71.9 Å². The second-order valence-electron chi connectivity index (χ2n) is 5.56. The summed E-state index contributed by atoms with van der Waals surface area (Å²) in [6.07, 6.45) is 3.77. The fraction of sp³-hybridized carbons (Fsp3) is 0.200. The lowest BCUT2D eigenvalue weighted by molar-refractivity contribution is 0.0957. The predicted molar refractivity (Wildman–Crippen MR) is 97.2 cm³/mol. The van der Waals surface area contributed by atoms with Crippen molar-refractivity contribution >= 4 is 17.5 Å². The summed E-state index contributed by atoms with van der Waals surface area (Å²) in [7, 11) is 0. The fourth-order valence-corrected chi connectivity index (χ4v) is 3.24. The molecule has 0 N–H and O–H groups in total. The molecule has 3 aromatic rings. The van der Waals surface area contributed by atoms with Crippen LogP contribution in [-0.2, 0) is 6.61 Å². The quantitative estimate of drug-likeness (QED) is 0.539. The minimum absolute atomic E-state index is 0.0140. The van der Waals surface area contributed by atoms with E-state index in [9.17, 15) is 4.79 Å². The molecule has 25 heavy (non-hydrogen) atoms. The Morgan fingerprint density at radius 3 is 2.72 bits per heavy atom. The first-order valence-electron chi connectivity index (χ1n) is 8.08. The smallest absolute Gasteiger partial charge is 0.198 e. The largest absolute Gasteiger partial charge is 0.489 e. The molecule has 0 aliphatic rings. The first kappa shape index (κ1) is 17.3. The van der Waals surface area contributed by atoms with Crippen molar-refractivity contribution in [2.75, 3.05) is 0 Å². The molecule has 0 aliphatic heterocycles. The van der Waals surface area contributed by atoms with Gasteiger partial charge in [-0.1, -0.05) is 18.7 Å². The number of ketones is 1. The Bertz CT molecular complexity index is 855. The van der Waals surface area contributed by atoms with Crippen LogP contribution in [0.3, 0.4) is 0 Å². The number of aromatic nitrogens is 1. The molecule has 0 amide bonds. The minimum atomic E-state index is 0.0140. The molecule has 0 unspecified atom stereocenters. The number of Topliss-reactive ketones (excluding diaryl/α,β-unsaturated/α-hetero) is 1. The van der Waals surface area contributed by atoms with Gasteiger partial charge in [-0.05, 0) is 55.0 Å². The lowest BCUT2D eigenvalue weighted by Gasteiger charge is -2.08. The Morgan fingerprint density at radius 2 is 2.00 bits per heavy atom. The highest BCUT2D eigenvalue weighted by Crippen LogP contribution is 2.33. The van der Waals surface area contributed by atoms with Gasteiger partial charge in [-0.15, -0.1) is 0 Å².